The molecule has 0 aliphatic carbocycles. The van der Waals surface area contributed by atoms with Gasteiger partial charge in [0.2, 0.25) is 0 Å². The average Bonchev–Trinajstić information content (AvgIpc) is 2.65. The summed E-state index contributed by atoms with van der Waals surface area (Å²) in [6, 6.07) is 2.45. The fourth-order valence-corrected chi connectivity index (χ4v) is 2.62. The van der Waals surface area contributed by atoms with E-state index >= 15 is 0 Å². The van der Waals surface area contributed by atoms with E-state index in [1.807, 2.05) is 0 Å². The molecule has 2 rings (SSSR count). The number of hydrogen-bond acceptors (Lipinski definition) is 3. The minimum Gasteiger partial charge on any atom is -0.380 e. The van der Waals surface area contributed by atoms with Crippen molar-refractivity contribution in [2.45, 2.75) is 51.2 Å². The first-order valence-electron chi connectivity index (χ1n) is 5.89. The minimum absolute atomic E-state index is 0.271. The van der Waals surface area contributed by atoms with Crippen LogP contribution in [-0.4, -0.2) is 25.4 Å². The predicted octanol–water partition coefficient (Wildman–Crippen LogP) is 2.26. The second kappa shape index (κ2) is 4.51. The maximum Gasteiger partial charge on any atom is 0.0832 e. The Bertz CT molecular complexity index is 253. The molecule has 3 unspecified atom stereocenters. The topological polar surface area (TPSA) is 42.2 Å². The summed E-state index contributed by atoms with van der Waals surface area (Å²) in [5, 5.41) is 9.28. The third kappa shape index (κ3) is 2.50. The molecule has 0 aromatic heterocycles. The van der Waals surface area contributed by atoms with Gasteiger partial charge in [0, 0.05) is 6.61 Å². The molecule has 2 aliphatic rings. The molecule has 2 saturated heterocycles. The molecule has 2 aliphatic heterocycles. The van der Waals surface area contributed by atoms with Crippen LogP contribution in [0, 0.1) is 16.7 Å². The number of nitrogens with zero attached hydrogens (tertiary/aromatic N) is 1. The van der Waals surface area contributed by atoms with Crippen LogP contribution in [0.4, 0.5) is 0 Å². The SMILES string of the molecule is CC1CCC(CC2(C#N)CCCOC2)O1. The van der Waals surface area contributed by atoms with Crippen molar-refractivity contribution in [2.75, 3.05) is 13.2 Å². The highest BCUT2D eigenvalue weighted by Crippen LogP contribution is 2.36. The Morgan fingerprint density at radius 3 is 2.87 bits per heavy atom. The van der Waals surface area contributed by atoms with Crippen molar-refractivity contribution in [3.05, 3.63) is 0 Å². The normalized spacial score (nSPS) is 41.3. The second-order valence-corrected chi connectivity index (χ2v) is 4.90. The quantitative estimate of drug-likeness (QED) is 0.700. The van der Waals surface area contributed by atoms with Gasteiger partial charge in [0.1, 0.15) is 0 Å². The van der Waals surface area contributed by atoms with E-state index in [2.05, 4.69) is 13.0 Å². The van der Waals surface area contributed by atoms with Gasteiger partial charge in [0.15, 0.2) is 0 Å². The lowest BCUT2D eigenvalue weighted by Gasteiger charge is -2.32. The smallest absolute Gasteiger partial charge is 0.0832 e. The molecule has 2 heterocycles. The molecule has 84 valence electrons. The summed E-state index contributed by atoms with van der Waals surface area (Å²) >= 11 is 0. The molecule has 3 atom stereocenters. The Hall–Kier alpha value is -0.590. The summed E-state index contributed by atoms with van der Waals surface area (Å²) in [5.74, 6) is 0. The highest BCUT2D eigenvalue weighted by molar-refractivity contribution is 5.02. The second-order valence-electron chi connectivity index (χ2n) is 4.90. The van der Waals surface area contributed by atoms with Gasteiger partial charge in [-0.05, 0) is 39.0 Å². The molecular formula is C12H19NO2. The van der Waals surface area contributed by atoms with Crippen molar-refractivity contribution < 1.29 is 9.47 Å². The van der Waals surface area contributed by atoms with Crippen LogP contribution in [0.2, 0.25) is 0 Å². The molecule has 0 radical (unpaired) electrons. The molecule has 3 nitrogen and oxygen atoms in total. The van der Waals surface area contributed by atoms with Gasteiger partial charge in [-0.3, -0.25) is 0 Å². The molecule has 0 saturated carbocycles. The highest BCUT2D eigenvalue weighted by atomic mass is 16.5. The lowest BCUT2D eigenvalue weighted by atomic mass is 9.79. The molecule has 0 spiro atoms. The van der Waals surface area contributed by atoms with Gasteiger partial charge in [-0.1, -0.05) is 0 Å². The van der Waals surface area contributed by atoms with Crippen LogP contribution in [0.3, 0.4) is 0 Å². The van der Waals surface area contributed by atoms with E-state index in [0.29, 0.717) is 12.7 Å². The van der Waals surface area contributed by atoms with E-state index in [1.54, 1.807) is 0 Å². The maximum absolute atomic E-state index is 9.28. The summed E-state index contributed by atoms with van der Waals surface area (Å²) in [5.41, 5.74) is -0.271. The zero-order valence-electron chi connectivity index (χ0n) is 9.37. The zero-order chi connectivity index (χ0) is 10.7. The molecule has 0 aromatic carbocycles. The Morgan fingerprint density at radius 1 is 1.47 bits per heavy atom. The summed E-state index contributed by atoms with van der Waals surface area (Å²) < 4.78 is 11.2. The minimum atomic E-state index is -0.271. The van der Waals surface area contributed by atoms with E-state index in [-0.39, 0.29) is 11.5 Å². The zero-order valence-corrected chi connectivity index (χ0v) is 9.37. The predicted molar refractivity (Wildman–Crippen MR) is 56.3 cm³/mol. The summed E-state index contributed by atoms with van der Waals surface area (Å²) in [6.07, 6.45) is 5.72. The van der Waals surface area contributed by atoms with Crippen molar-refractivity contribution in [3.8, 4) is 6.07 Å². The third-order valence-electron chi connectivity index (χ3n) is 3.50. The van der Waals surface area contributed by atoms with E-state index in [9.17, 15) is 5.26 Å². The Kier molecular flexibility index (Phi) is 3.28. The van der Waals surface area contributed by atoms with Gasteiger partial charge < -0.3 is 9.47 Å². The van der Waals surface area contributed by atoms with Gasteiger partial charge in [-0.25, -0.2) is 0 Å². The first-order valence-corrected chi connectivity index (χ1v) is 5.89. The Morgan fingerprint density at radius 2 is 2.33 bits per heavy atom. The number of ether oxygens (including phenoxy) is 2. The highest BCUT2D eigenvalue weighted by Gasteiger charge is 2.37. The first-order chi connectivity index (χ1) is 7.24. The van der Waals surface area contributed by atoms with Gasteiger partial charge in [0.25, 0.3) is 0 Å². The van der Waals surface area contributed by atoms with Gasteiger partial charge in [-0.15, -0.1) is 0 Å². The van der Waals surface area contributed by atoms with Crippen molar-refractivity contribution in [1.82, 2.24) is 0 Å². The van der Waals surface area contributed by atoms with Crippen LogP contribution < -0.4 is 0 Å². The van der Waals surface area contributed by atoms with Crippen LogP contribution >= 0.6 is 0 Å². The molecule has 2 fully saturated rings. The molecule has 15 heavy (non-hydrogen) atoms. The van der Waals surface area contributed by atoms with Crippen LogP contribution in [0.5, 0.6) is 0 Å². The summed E-state index contributed by atoms with van der Waals surface area (Å²) in [6.45, 7) is 3.51. The molecular weight excluding hydrogens is 190 g/mol. The van der Waals surface area contributed by atoms with Crippen molar-refractivity contribution in [3.63, 3.8) is 0 Å². The lowest BCUT2D eigenvalue weighted by molar-refractivity contribution is -0.0230. The Balaban J connectivity index is 1.93. The largest absolute Gasteiger partial charge is 0.380 e. The van der Waals surface area contributed by atoms with Crippen LogP contribution in [-0.2, 0) is 9.47 Å². The third-order valence-corrected chi connectivity index (χ3v) is 3.50. The lowest BCUT2D eigenvalue weighted by Crippen LogP contribution is -2.34. The number of nitriles is 1. The summed E-state index contributed by atoms with van der Waals surface area (Å²) in [7, 11) is 0. The monoisotopic (exact) mass is 209 g/mol. The van der Waals surface area contributed by atoms with Crippen LogP contribution in [0.1, 0.15) is 39.0 Å². The summed E-state index contributed by atoms with van der Waals surface area (Å²) in [4.78, 5) is 0. The number of rotatable bonds is 2. The van der Waals surface area contributed by atoms with Crippen LogP contribution in [0.25, 0.3) is 0 Å². The van der Waals surface area contributed by atoms with E-state index in [4.69, 9.17) is 9.47 Å². The van der Waals surface area contributed by atoms with E-state index < -0.39 is 0 Å². The Labute approximate surface area is 91.4 Å². The molecule has 0 N–H and O–H groups in total. The van der Waals surface area contributed by atoms with E-state index in [0.717, 1.165) is 38.7 Å². The van der Waals surface area contributed by atoms with Crippen molar-refractivity contribution in [2.24, 2.45) is 5.41 Å². The molecule has 3 heteroatoms. The fraction of sp³-hybridized carbons (Fsp3) is 0.917. The average molecular weight is 209 g/mol. The van der Waals surface area contributed by atoms with Crippen molar-refractivity contribution in [1.29, 1.82) is 5.26 Å². The number of hydrogen-bond donors (Lipinski definition) is 0. The van der Waals surface area contributed by atoms with E-state index in [1.165, 1.54) is 0 Å². The van der Waals surface area contributed by atoms with Crippen molar-refractivity contribution >= 4 is 0 Å². The first kappa shape index (κ1) is 10.9. The molecule has 0 aromatic rings. The standard InChI is InChI=1S/C12H19NO2/c1-10-3-4-11(15-10)7-12(8-13)5-2-6-14-9-12/h10-11H,2-7,9H2,1H3. The molecule has 0 bridgehead atoms. The van der Waals surface area contributed by atoms with Crippen LogP contribution in [0.15, 0.2) is 0 Å². The van der Waals surface area contributed by atoms with Gasteiger partial charge in [-0.2, -0.15) is 5.26 Å². The molecule has 0 amide bonds. The van der Waals surface area contributed by atoms with Gasteiger partial charge in [0.05, 0.1) is 30.3 Å². The van der Waals surface area contributed by atoms with Gasteiger partial charge >= 0.3 is 0 Å². The fourth-order valence-electron chi connectivity index (χ4n) is 2.62. The maximum atomic E-state index is 9.28.